The number of aliphatic hydroxyl groups excluding tert-OH is 2. The van der Waals surface area contributed by atoms with Crippen molar-refractivity contribution in [2.24, 2.45) is 0 Å². The van der Waals surface area contributed by atoms with Gasteiger partial charge in [-0.15, -0.1) is 0 Å². The number of amides is 2. The number of aliphatic hydroxyl groups is 2. The second kappa shape index (κ2) is 30.3. The highest BCUT2D eigenvalue weighted by Gasteiger charge is 2.31. The minimum absolute atomic E-state index is 0.00641. The second-order valence-electron chi connectivity index (χ2n) is 19.7. The molecule has 424 valence electrons. The summed E-state index contributed by atoms with van der Waals surface area (Å²) in [4.78, 5) is 32.1. The number of fused-ring (bicyclic) bond motifs is 2. The molecule has 0 aromatic heterocycles. The molecule has 4 aromatic rings. The number of hydrogen-bond acceptors (Lipinski definition) is 12. The Morgan fingerprint density at radius 2 is 0.922 bits per heavy atom. The Balaban J connectivity index is 0.935. The summed E-state index contributed by atoms with van der Waals surface area (Å²) >= 11 is 0. The summed E-state index contributed by atoms with van der Waals surface area (Å²) in [5.41, 5.74) is 7.22. The van der Waals surface area contributed by atoms with Crippen LogP contribution in [-0.4, -0.2) is 138 Å². The summed E-state index contributed by atoms with van der Waals surface area (Å²) in [7, 11) is 0. The van der Waals surface area contributed by atoms with Gasteiger partial charge in [-0.1, -0.05) is 55.7 Å². The van der Waals surface area contributed by atoms with E-state index in [1.165, 1.54) is 12.1 Å². The van der Waals surface area contributed by atoms with Crippen molar-refractivity contribution in [3.05, 3.63) is 106 Å². The molecule has 2 heterocycles. The fourth-order valence-corrected chi connectivity index (χ4v) is 9.79. The van der Waals surface area contributed by atoms with Gasteiger partial charge in [-0.05, 0) is 124 Å². The lowest BCUT2D eigenvalue weighted by molar-refractivity contribution is -0.154. The molecular weight excluding hydrogens is 1010 g/mol. The summed E-state index contributed by atoms with van der Waals surface area (Å²) in [5, 5.41) is 32.3. The molecule has 6 N–H and O–H groups in total. The average molecular weight is 1090 g/mol. The summed E-state index contributed by atoms with van der Waals surface area (Å²) in [6.07, 6.45) is -0.655. The molecule has 0 saturated carbocycles. The maximum atomic E-state index is 13.9. The van der Waals surface area contributed by atoms with Crippen molar-refractivity contribution in [2.45, 2.75) is 109 Å². The van der Waals surface area contributed by atoms with E-state index in [-0.39, 0.29) is 73.3 Å². The summed E-state index contributed by atoms with van der Waals surface area (Å²) in [5.74, 6) is 0.202. The van der Waals surface area contributed by atoms with Crippen LogP contribution in [0.5, 0.6) is 23.0 Å². The SMILES string of the molecule is C[C@H](Cc1cc2c(c(C(=O)NCCCCCCCNC(=O)c3cc(C[C@@H](C)NCCOc4ccccc4OCC(F)(F)F)cc4c3N(CCCO)CC4)c1)N(CCCO)CC2)NCCOc1ccccc1OCC(F)(F)F. The van der Waals surface area contributed by atoms with Gasteiger partial charge in [0.05, 0.1) is 22.5 Å². The molecule has 2 aliphatic rings. The zero-order chi connectivity index (χ0) is 55.2. The van der Waals surface area contributed by atoms with Crippen LogP contribution in [0.15, 0.2) is 72.8 Å². The lowest BCUT2D eigenvalue weighted by Crippen LogP contribution is -2.32. The number of hydrogen-bond donors (Lipinski definition) is 6. The number of alkyl halides is 6. The molecule has 14 nitrogen and oxygen atoms in total. The zero-order valence-corrected chi connectivity index (χ0v) is 44.3. The van der Waals surface area contributed by atoms with Crippen molar-refractivity contribution >= 4 is 23.2 Å². The number of carbonyl (C=O) groups is 2. The highest BCUT2D eigenvalue weighted by atomic mass is 19.4. The summed E-state index contributed by atoms with van der Waals surface area (Å²) in [6, 6.07) is 20.7. The van der Waals surface area contributed by atoms with Gasteiger partial charge in [-0.2, -0.15) is 26.3 Å². The number of carbonyl (C=O) groups excluding carboxylic acids is 2. The van der Waals surface area contributed by atoms with Gasteiger partial charge in [0.1, 0.15) is 13.2 Å². The molecule has 0 aliphatic carbocycles. The van der Waals surface area contributed by atoms with Gasteiger partial charge < -0.3 is 60.2 Å². The first-order valence-corrected chi connectivity index (χ1v) is 26.9. The molecule has 0 saturated heterocycles. The van der Waals surface area contributed by atoms with Gasteiger partial charge in [0.25, 0.3) is 11.8 Å². The van der Waals surface area contributed by atoms with Gasteiger partial charge in [0, 0.05) is 77.7 Å². The van der Waals surface area contributed by atoms with Crippen LogP contribution in [0.25, 0.3) is 0 Å². The van der Waals surface area contributed by atoms with Crippen LogP contribution < -0.4 is 50.0 Å². The van der Waals surface area contributed by atoms with Crippen LogP contribution in [0.3, 0.4) is 0 Å². The largest absolute Gasteiger partial charge is 0.488 e. The normalized spacial score (nSPS) is 14.0. The number of rotatable bonds is 34. The topological polar surface area (TPSA) is 166 Å². The highest BCUT2D eigenvalue weighted by molar-refractivity contribution is 6.02. The Morgan fingerprint density at radius 1 is 0.545 bits per heavy atom. The molecule has 0 unspecified atom stereocenters. The highest BCUT2D eigenvalue weighted by Crippen LogP contribution is 2.36. The van der Waals surface area contributed by atoms with Gasteiger partial charge >= 0.3 is 12.4 Å². The quantitative estimate of drug-likeness (QED) is 0.0196. The molecule has 2 atom stereocenters. The molecule has 0 fully saturated rings. The Hall–Kier alpha value is -5.96. The van der Waals surface area contributed by atoms with E-state index in [0.717, 1.165) is 91.7 Å². The number of nitrogens with one attached hydrogen (secondary N) is 4. The van der Waals surface area contributed by atoms with Gasteiger partial charge in [0.15, 0.2) is 36.2 Å². The summed E-state index contributed by atoms with van der Waals surface area (Å²) < 4.78 is 97.8. The molecule has 2 aliphatic heterocycles. The van der Waals surface area contributed by atoms with E-state index in [2.05, 4.69) is 43.2 Å². The molecule has 4 aromatic carbocycles. The number of benzene rings is 4. The standard InChI is InChI=1S/C57H76F6N6O8/c1-40(64-22-30-74-48-14-6-8-16-50(48)76-38-56(58,59)60)32-42-34-44-18-26-68(24-12-28-70)52(44)46(36-42)54(72)66-20-10-4-3-5-11-21-67-55(73)47-37-43(35-45-19-27-69(53(45)47)25-13-29-71)33-41(2)65-23-31-75-49-15-7-9-17-51(49)77-39-57(61,62)63/h6-9,14-17,34-37,40-41,64-65,70-71H,3-5,10-13,18-33,38-39H2,1-2H3,(H,66,72)(H,67,73)/t40-,41-/m1/s1. The first-order valence-electron chi connectivity index (χ1n) is 26.9. The van der Waals surface area contributed by atoms with Crippen molar-refractivity contribution in [3.8, 4) is 23.0 Å². The van der Waals surface area contributed by atoms with E-state index in [1.54, 1.807) is 36.4 Å². The van der Waals surface area contributed by atoms with E-state index in [9.17, 15) is 46.1 Å². The van der Waals surface area contributed by atoms with Crippen molar-refractivity contribution in [3.63, 3.8) is 0 Å². The summed E-state index contributed by atoms with van der Waals surface area (Å²) in [6.45, 7) is 6.38. The van der Waals surface area contributed by atoms with Gasteiger partial charge in [0.2, 0.25) is 0 Å². The van der Waals surface area contributed by atoms with E-state index >= 15 is 0 Å². The van der Waals surface area contributed by atoms with Crippen molar-refractivity contribution < 1.29 is 65.1 Å². The maximum absolute atomic E-state index is 13.9. The van der Waals surface area contributed by atoms with Crippen LogP contribution in [0.2, 0.25) is 0 Å². The predicted molar refractivity (Wildman–Crippen MR) is 285 cm³/mol. The van der Waals surface area contributed by atoms with Crippen LogP contribution >= 0.6 is 0 Å². The lowest BCUT2D eigenvalue weighted by atomic mass is 9.98. The molecule has 0 radical (unpaired) electrons. The first-order chi connectivity index (χ1) is 37.0. The molecule has 77 heavy (non-hydrogen) atoms. The van der Waals surface area contributed by atoms with E-state index in [0.29, 0.717) is 76.1 Å². The number of para-hydroxylation sites is 4. The predicted octanol–water partition coefficient (Wildman–Crippen LogP) is 8.37. The maximum Gasteiger partial charge on any atom is 0.422 e. The zero-order valence-electron chi connectivity index (χ0n) is 44.3. The fourth-order valence-electron chi connectivity index (χ4n) is 9.79. The number of ether oxygens (including phenoxy) is 4. The van der Waals surface area contributed by atoms with Crippen LogP contribution in [0, 0.1) is 0 Å². The molecule has 20 heteroatoms. The number of halogens is 6. The van der Waals surface area contributed by atoms with Crippen LogP contribution in [-0.2, 0) is 25.7 Å². The molecule has 2 amide bonds. The van der Waals surface area contributed by atoms with E-state index in [4.69, 9.17) is 18.9 Å². The van der Waals surface area contributed by atoms with Crippen molar-refractivity contribution in [2.75, 3.05) is 102 Å². The van der Waals surface area contributed by atoms with Gasteiger partial charge in [-0.3, -0.25) is 9.59 Å². The Morgan fingerprint density at radius 3 is 1.30 bits per heavy atom. The van der Waals surface area contributed by atoms with Gasteiger partial charge in [-0.25, -0.2) is 0 Å². The number of unbranched alkanes of at least 4 members (excludes halogenated alkanes) is 4. The number of anilines is 2. The van der Waals surface area contributed by atoms with E-state index in [1.807, 2.05) is 26.0 Å². The molecular formula is C57H76F6N6O8. The van der Waals surface area contributed by atoms with Crippen molar-refractivity contribution in [1.29, 1.82) is 0 Å². The third-order valence-electron chi connectivity index (χ3n) is 13.3. The molecule has 0 bridgehead atoms. The molecule has 6 rings (SSSR count). The minimum Gasteiger partial charge on any atom is -0.488 e. The third kappa shape index (κ3) is 19.8. The average Bonchev–Trinajstić information content (AvgIpc) is 4.12. The minimum atomic E-state index is -4.47. The lowest BCUT2D eigenvalue weighted by Gasteiger charge is -2.23. The Kier molecular flexibility index (Phi) is 23.7. The Labute approximate surface area is 448 Å². The first kappa shape index (κ1) is 60.3. The monoisotopic (exact) mass is 1090 g/mol. The third-order valence-corrected chi connectivity index (χ3v) is 13.3. The Bertz CT molecular complexity index is 2310. The van der Waals surface area contributed by atoms with Crippen LogP contribution in [0.1, 0.15) is 102 Å². The fraction of sp³-hybridized carbons (Fsp3) is 0.544. The second-order valence-corrected chi connectivity index (χ2v) is 19.7. The molecule has 0 spiro atoms. The van der Waals surface area contributed by atoms with Crippen molar-refractivity contribution in [1.82, 2.24) is 21.3 Å². The smallest absolute Gasteiger partial charge is 0.422 e. The number of nitrogens with zero attached hydrogens (tertiary/aromatic N) is 2. The van der Waals surface area contributed by atoms with Crippen LogP contribution in [0.4, 0.5) is 37.7 Å². The van der Waals surface area contributed by atoms with E-state index < -0.39 is 25.6 Å².